The predicted molar refractivity (Wildman–Crippen MR) is 128 cm³/mol. The van der Waals surface area contributed by atoms with Crippen molar-refractivity contribution >= 4 is 40.4 Å². The van der Waals surface area contributed by atoms with E-state index in [0.717, 1.165) is 0 Å². The van der Waals surface area contributed by atoms with Crippen molar-refractivity contribution in [3.05, 3.63) is 46.6 Å². The second-order valence-corrected chi connectivity index (χ2v) is 9.03. The van der Waals surface area contributed by atoms with Crippen LogP contribution in [0.5, 0.6) is 23.0 Å². The number of hydrogen-bond donors (Lipinski definition) is 1. The fourth-order valence-corrected chi connectivity index (χ4v) is 5.02. The molecule has 1 amide bonds. The Morgan fingerprint density at radius 3 is 2.57 bits per heavy atom. The van der Waals surface area contributed by atoms with Gasteiger partial charge >= 0.3 is 0 Å². The van der Waals surface area contributed by atoms with Crippen LogP contribution in [0.3, 0.4) is 0 Å². The number of nitrogens with one attached hydrogen (secondary N) is 1. The molecule has 2 aromatic rings. The molecule has 2 unspecified atom stereocenters. The number of carbonyl (C=O) groups excluding carboxylic acids is 3. The van der Waals surface area contributed by atoms with Gasteiger partial charge in [0.15, 0.2) is 12.4 Å². The highest BCUT2D eigenvalue weighted by Gasteiger charge is 2.60. The van der Waals surface area contributed by atoms with Gasteiger partial charge < -0.3 is 29.2 Å². The number of rotatable bonds is 4. The third kappa shape index (κ3) is 3.33. The van der Waals surface area contributed by atoms with E-state index in [0.29, 0.717) is 29.2 Å². The lowest BCUT2D eigenvalue weighted by Crippen LogP contribution is -2.55. The molecule has 9 nitrogen and oxygen atoms in total. The maximum absolute atomic E-state index is 13.6. The van der Waals surface area contributed by atoms with Crippen molar-refractivity contribution in [2.24, 2.45) is 5.92 Å². The molecule has 1 aliphatic carbocycles. The van der Waals surface area contributed by atoms with Crippen molar-refractivity contribution in [1.82, 2.24) is 0 Å². The SMILES string of the molecule is COc1cc(OC)c2c(c1Cl)OC1(C(=O)C=C(Nc3ccc4c(c3)OCC(=O)N4C)CC1C)C2=O. The van der Waals surface area contributed by atoms with Crippen LogP contribution in [-0.2, 0) is 9.59 Å². The third-order valence-electron chi connectivity index (χ3n) is 6.66. The van der Waals surface area contributed by atoms with Gasteiger partial charge in [-0.25, -0.2) is 0 Å². The first-order chi connectivity index (χ1) is 16.7. The highest BCUT2D eigenvalue weighted by atomic mass is 35.5. The number of ketones is 2. The smallest absolute Gasteiger partial charge is 0.264 e. The van der Waals surface area contributed by atoms with Gasteiger partial charge in [-0.1, -0.05) is 18.5 Å². The molecule has 5 rings (SSSR count). The molecule has 0 fully saturated rings. The first-order valence-corrected chi connectivity index (χ1v) is 11.3. The molecule has 2 aliphatic heterocycles. The predicted octanol–water partition coefficient (Wildman–Crippen LogP) is 3.63. The van der Waals surface area contributed by atoms with Crippen LogP contribution in [0.2, 0.25) is 5.02 Å². The maximum atomic E-state index is 13.6. The van der Waals surface area contributed by atoms with Crippen molar-refractivity contribution in [2.75, 3.05) is 38.1 Å². The van der Waals surface area contributed by atoms with Crippen LogP contribution in [0.4, 0.5) is 11.4 Å². The average molecular weight is 499 g/mol. The Morgan fingerprint density at radius 2 is 1.89 bits per heavy atom. The van der Waals surface area contributed by atoms with E-state index in [9.17, 15) is 14.4 Å². The van der Waals surface area contributed by atoms with Gasteiger partial charge in [0.2, 0.25) is 17.2 Å². The zero-order valence-electron chi connectivity index (χ0n) is 19.6. The minimum absolute atomic E-state index is 0.0372. The van der Waals surface area contributed by atoms with Gasteiger partial charge in [0, 0.05) is 42.6 Å². The molecule has 2 atom stereocenters. The lowest BCUT2D eigenvalue weighted by molar-refractivity contribution is -0.129. The molecule has 0 saturated carbocycles. The Bertz CT molecular complexity index is 1320. The van der Waals surface area contributed by atoms with E-state index in [1.807, 2.05) is 0 Å². The lowest BCUT2D eigenvalue weighted by Gasteiger charge is -2.35. The standard InChI is InChI=1S/C25H23ClN2O7/c1-12-7-14(27-13-5-6-15-16(8-13)34-11-20(30)28(15)2)9-19(29)25(12)24(31)21-17(32-3)10-18(33-4)22(26)23(21)35-25/h5-6,8-10,12,27H,7,11H2,1-4H3. The molecule has 0 saturated heterocycles. The monoisotopic (exact) mass is 498 g/mol. The van der Waals surface area contributed by atoms with Gasteiger partial charge in [-0.05, 0) is 18.6 Å². The van der Waals surface area contributed by atoms with Crippen LogP contribution in [-0.4, -0.2) is 50.9 Å². The largest absolute Gasteiger partial charge is 0.496 e. The molecule has 2 heterocycles. The van der Waals surface area contributed by atoms with Gasteiger partial charge in [0.05, 0.1) is 19.9 Å². The molecule has 0 radical (unpaired) electrons. The van der Waals surface area contributed by atoms with E-state index in [2.05, 4.69) is 5.32 Å². The van der Waals surface area contributed by atoms with Crippen molar-refractivity contribution in [1.29, 1.82) is 0 Å². The highest BCUT2D eigenvalue weighted by Crippen LogP contribution is 2.53. The van der Waals surface area contributed by atoms with E-state index in [1.165, 1.54) is 31.3 Å². The molecule has 3 aliphatic rings. The summed E-state index contributed by atoms with van der Waals surface area (Å²) < 4.78 is 22.2. The number of methoxy groups -OCH3 is 2. The minimum Gasteiger partial charge on any atom is -0.496 e. The molecule has 1 N–H and O–H groups in total. The zero-order chi connectivity index (χ0) is 25.1. The Balaban J connectivity index is 1.46. The van der Waals surface area contributed by atoms with E-state index < -0.39 is 23.1 Å². The highest BCUT2D eigenvalue weighted by molar-refractivity contribution is 6.36. The van der Waals surface area contributed by atoms with Crippen LogP contribution < -0.4 is 29.2 Å². The summed E-state index contributed by atoms with van der Waals surface area (Å²) in [5, 5.41) is 3.34. The van der Waals surface area contributed by atoms with Crippen molar-refractivity contribution < 1.29 is 33.3 Å². The second-order valence-electron chi connectivity index (χ2n) is 8.65. The molecule has 0 bridgehead atoms. The summed E-state index contributed by atoms with van der Waals surface area (Å²) in [6.07, 6.45) is 1.75. The van der Waals surface area contributed by atoms with E-state index >= 15 is 0 Å². The number of halogens is 1. The fraction of sp³-hybridized carbons (Fsp3) is 0.320. The van der Waals surface area contributed by atoms with Crippen LogP contribution in [0, 0.1) is 5.92 Å². The number of allylic oxidation sites excluding steroid dienone is 1. The molecular weight excluding hydrogens is 476 g/mol. The number of Topliss-reactive ketones (excluding diaryl/α,β-unsaturated/α-hetero) is 1. The average Bonchev–Trinajstić information content (AvgIpc) is 3.15. The van der Waals surface area contributed by atoms with Crippen LogP contribution in [0.1, 0.15) is 23.7 Å². The Labute approximate surface area is 206 Å². The van der Waals surface area contributed by atoms with E-state index in [-0.39, 0.29) is 40.3 Å². The molecule has 0 aromatic heterocycles. The topological polar surface area (TPSA) is 103 Å². The molecule has 35 heavy (non-hydrogen) atoms. The first-order valence-electron chi connectivity index (χ1n) is 10.9. The number of likely N-dealkylation sites (N-methyl/N-ethyl adjacent to an activating group) is 1. The van der Waals surface area contributed by atoms with Crippen LogP contribution in [0.25, 0.3) is 0 Å². The van der Waals surface area contributed by atoms with Gasteiger partial charge in [-0.2, -0.15) is 0 Å². The number of anilines is 2. The zero-order valence-corrected chi connectivity index (χ0v) is 20.3. The first kappa shape index (κ1) is 23.0. The molecule has 182 valence electrons. The summed E-state index contributed by atoms with van der Waals surface area (Å²) in [6.45, 7) is 1.75. The van der Waals surface area contributed by atoms with Crippen molar-refractivity contribution in [3.63, 3.8) is 0 Å². The number of benzene rings is 2. The van der Waals surface area contributed by atoms with Crippen molar-refractivity contribution in [3.8, 4) is 23.0 Å². The Morgan fingerprint density at radius 1 is 1.14 bits per heavy atom. The summed E-state index contributed by atoms with van der Waals surface area (Å²) in [7, 11) is 4.55. The lowest BCUT2D eigenvalue weighted by atomic mass is 9.74. The van der Waals surface area contributed by atoms with Gasteiger partial charge in [0.25, 0.3) is 5.91 Å². The number of amides is 1. The number of nitrogens with zero attached hydrogens (tertiary/aromatic N) is 1. The van der Waals surface area contributed by atoms with Crippen LogP contribution >= 0.6 is 11.6 Å². The van der Waals surface area contributed by atoms with E-state index in [1.54, 1.807) is 32.2 Å². The quantitative estimate of drug-likeness (QED) is 0.637. The van der Waals surface area contributed by atoms with E-state index in [4.69, 9.17) is 30.5 Å². The Hall–Kier alpha value is -3.72. The van der Waals surface area contributed by atoms with Crippen LogP contribution in [0.15, 0.2) is 36.0 Å². The number of fused-ring (bicyclic) bond motifs is 2. The second kappa shape index (κ2) is 8.20. The third-order valence-corrected chi connectivity index (χ3v) is 7.02. The molecule has 10 heteroatoms. The number of carbonyl (C=O) groups is 3. The molecule has 2 aromatic carbocycles. The Kier molecular flexibility index (Phi) is 5.40. The summed E-state index contributed by atoms with van der Waals surface area (Å²) in [4.78, 5) is 40.4. The fourth-order valence-electron chi connectivity index (χ4n) is 4.76. The maximum Gasteiger partial charge on any atom is 0.264 e. The van der Waals surface area contributed by atoms with Gasteiger partial charge in [-0.3, -0.25) is 14.4 Å². The minimum atomic E-state index is -1.74. The van der Waals surface area contributed by atoms with Gasteiger partial charge in [0.1, 0.15) is 27.8 Å². The van der Waals surface area contributed by atoms with Gasteiger partial charge in [-0.15, -0.1) is 0 Å². The summed E-state index contributed by atoms with van der Waals surface area (Å²) in [5.74, 6) is -0.459. The molecule has 1 spiro atoms. The number of ether oxygens (including phenoxy) is 4. The summed E-state index contributed by atoms with van der Waals surface area (Å²) in [5.41, 5.74) is 0.366. The summed E-state index contributed by atoms with van der Waals surface area (Å²) in [6, 6.07) is 6.84. The summed E-state index contributed by atoms with van der Waals surface area (Å²) >= 11 is 6.43. The number of hydrogen-bond acceptors (Lipinski definition) is 8. The van der Waals surface area contributed by atoms with Crippen molar-refractivity contribution in [2.45, 2.75) is 18.9 Å². The normalized spacial score (nSPS) is 22.8. The molecular formula is C25H23ClN2O7.